The number of rotatable bonds is 5. The molecule has 1 aromatic heterocycles. The molecule has 0 radical (unpaired) electrons. The summed E-state index contributed by atoms with van der Waals surface area (Å²) >= 11 is 0. The van der Waals surface area contributed by atoms with Crippen molar-refractivity contribution in [2.24, 2.45) is 5.92 Å². The summed E-state index contributed by atoms with van der Waals surface area (Å²) in [6, 6.07) is 7.21. The molecule has 0 saturated heterocycles. The lowest BCUT2D eigenvalue weighted by Gasteiger charge is -2.19. The summed E-state index contributed by atoms with van der Waals surface area (Å²) in [4.78, 5) is 0. The normalized spacial score (nSPS) is 12.9. The van der Waals surface area contributed by atoms with Gasteiger partial charge in [0.2, 0.25) is 0 Å². The molecular weight excluding hydrogens is 256 g/mol. The maximum absolute atomic E-state index is 3.41. The van der Waals surface area contributed by atoms with Crippen LogP contribution in [-0.2, 0) is 6.54 Å². The Morgan fingerprint density at radius 1 is 1.10 bits per heavy atom. The molecule has 0 spiro atoms. The molecule has 0 fully saturated rings. The van der Waals surface area contributed by atoms with Gasteiger partial charge in [0.05, 0.1) is 0 Å². The Morgan fingerprint density at radius 3 is 2.24 bits per heavy atom. The van der Waals surface area contributed by atoms with Crippen molar-refractivity contribution in [1.82, 2.24) is 9.88 Å². The van der Waals surface area contributed by atoms with Gasteiger partial charge >= 0.3 is 0 Å². The van der Waals surface area contributed by atoms with Crippen molar-refractivity contribution in [1.29, 1.82) is 0 Å². The van der Waals surface area contributed by atoms with Gasteiger partial charge in [0.1, 0.15) is 0 Å². The second kappa shape index (κ2) is 6.48. The third-order valence-electron chi connectivity index (χ3n) is 4.29. The van der Waals surface area contributed by atoms with Gasteiger partial charge in [0.15, 0.2) is 0 Å². The highest BCUT2D eigenvalue weighted by Gasteiger charge is 2.14. The second-order valence-corrected chi connectivity index (χ2v) is 6.50. The fraction of sp³-hybridized carbons (Fsp3) is 0.474. The Hall–Kier alpha value is -1.54. The van der Waals surface area contributed by atoms with Crippen molar-refractivity contribution < 1.29 is 0 Å². The van der Waals surface area contributed by atoms with Gasteiger partial charge in [0.25, 0.3) is 0 Å². The average Bonchev–Trinajstić information content (AvgIpc) is 2.82. The van der Waals surface area contributed by atoms with E-state index in [1.54, 1.807) is 0 Å². The van der Waals surface area contributed by atoms with E-state index in [0.717, 1.165) is 6.54 Å². The highest BCUT2D eigenvalue weighted by atomic mass is 15.0. The first-order valence-corrected chi connectivity index (χ1v) is 7.82. The van der Waals surface area contributed by atoms with Crippen LogP contribution in [0.1, 0.15) is 47.7 Å². The highest BCUT2D eigenvalue weighted by Crippen LogP contribution is 2.23. The molecule has 2 rings (SSSR count). The van der Waals surface area contributed by atoms with Gasteiger partial charge < -0.3 is 9.88 Å². The van der Waals surface area contributed by atoms with Gasteiger partial charge in [0, 0.05) is 25.0 Å². The van der Waals surface area contributed by atoms with Gasteiger partial charge in [-0.3, -0.25) is 0 Å². The van der Waals surface area contributed by atoms with Gasteiger partial charge in [-0.15, -0.1) is 0 Å². The topological polar surface area (TPSA) is 17.0 Å². The third kappa shape index (κ3) is 3.56. The lowest BCUT2D eigenvalue weighted by atomic mass is 9.99. The first-order chi connectivity index (χ1) is 9.92. The van der Waals surface area contributed by atoms with E-state index < -0.39 is 0 Å². The summed E-state index contributed by atoms with van der Waals surface area (Å²) in [5, 5.41) is 3.41. The van der Waals surface area contributed by atoms with Crippen LogP contribution in [0.5, 0.6) is 0 Å². The second-order valence-electron chi connectivity index (χ2n) is 6.50. The molecule has 0 aliphatic rings. The Labute approximate surface area is 129 Å². The zero-order valence-corrected chi connectivity index (χ0v) is 14.2. The maximum atomic E-state index is 3.41. The largest absolute Gasteiger partial charge is 0.350 e. The summed E-state index contributed by atoms with van der Waals surface area (Å²) < 4.78 is 2.30. The minimum atomic E-state index is 0.423. The first-order valence-electron chi connectivity index (χ1n) is 7.82. The molecule has 1 aromatic carbocycles. The van der Waals surface area contributed by atoms with Crippen LogP contribution in [-0.4, -0.2) is 11.6 Å². The predicted molar refractivity (Wildman–Crippen MR) is 90.8 cm³/mol. The monoisotopic (exact) mass is 284 g/mol. The maximum Gasteiger partial charge on any atom is 0.0475 e. The van der Waals surface area contributed by atoms with Crippen molar-refractivity contribution in [3.05, 3.63) is 58.4 Å². The smallest absolute Gasteiger partial charge is 0.0475 e. The lowest BCUT2D eigenvalue weighted by molar-refractivity contribution is 0.442. The van der Waals surface area contributed by atoms with Gasteiger partial charge in [-0.05, 0) is 62.1 Å². The minimum absolute atomic E-state index is 0.423. The summed E-state index contributed by atoms with van der Waals surface area (Å²) in [6.07, 6.45) is 4.47. The fourth-order valence-electron chi connectivity index (χ4n) is 3.27. The zero-order valence-electron chi connectivity index (χ0n) is 14.2. The molecule has 0 bridgehead atoms. The molecule has 1 atom stereocenters. The fourth-order valence-corrected chi connectivity index (χ4v) is 3.27. The quantitative estimate of drug-likeness (QED) is 0.862. The average molecular weight is 284 g/mol. The van der Waals surface area contributed by atoms with Crippen molar-refractivity contribution in [2.45, 2.75) is 47.2 Å². The Kier molecular flexibility index (Phi) is 4.89. The minimum Gasteiger partial charge on any atom is -0.350 e. The van der Waals surface area contributed by atoms with Crippen molar-refractivity contribution in [3.8, 4) is 0 Å². The van der Waals surface area contributed by atoms with E-state index in [-0.39, 0.29) is 0 Å². The molecule has 1 N–H and O–H groups in total. The number of benzene rings is 1. The number of aromatic nitrogens is 1. The number of nitrogens with one attached hydrogen (secondary N) is 1. The number of aryl methyl sites for hydroxylation is 3. The highest BCUT2D eigenvalue weighted by molar-refractivity contribution is 5.37. The molecule has 0 aliphatic carbocycles. The summed E-state index contributed by atoms with van der Waals surface area (Å²) in [7, 11) is 2.04. The van der Waals surface area contributed by atoms with Crippen LogP contribution < -0.4 is 5.32 Å². The molecule has 0 amide bonds. The summed E-state index contributed by atoms with van der Waals surface area (Å²) in [5.74, 6) is 0.591. The molecule has 2 aromatic rings. The van der Waals surface area contributed by atoms with Crippen LogP contribution in [0, 0.1) is 26.7 Å². The molecule has 2 heteroatoms. The van der Waals surface area contributed by atoms with Gasteiger partial charge in [-0.25, -0.2) is 0 Å². The first kappa shape index (κ1) is 15.8. The van der Waals surface area contributed by atoms with E-state index in [0.29, 0.717) is 12.0 Å². The van der Waals surface area contributed by atoms with Gasteiger partial charge in [-0.1, -0.05) is 31.5 Å². The molecule has 0 saturated carbocycles. The number of hydrogen-bond acceptors (Lipinski definition) is 1. The van der Waals surface area contributed by atoms with E-state index in [1.807, 2.05) is 7.05 Å². The Bertz CT molecular complexity index is 585. The molecule has 21 heavy (non-hydrogen) atoms. The van der Waals surface area contributed by atoms with Crippen LogP contribution in [0.3, 0.4) is 0 Å². The van der Waals surface area contributed by atoms with Gasteiger partial charge in [-0.2, -0.15) is 0 Å². The van der Waals surface area contributed by atoms with E-state index in [9.17, 15) is 0 Å². The van der Waals surface area contributed by atoms with Crippen molar-refractivity contribution >= 4 is 0 Å². The van der Waals surface area contributed by atoms with Crippen molar-refractivity contribution in [3.63, 3.8) is 0 Å². The lowest BCUT2D eigenvalue weighted by Crippen LogP contribution is -2.21. The van der Waals surface area contributed by atoms with E-state index in [4.69, 9.17) is 0 Å². The van der Waals surface area contributed by atoms with Crippen LogP contribution in [0.25, 0.3) is 0 Å². The number of hydrogen-bond donors (Lipinski definition) is 1. The molecule has 2 nitrogen and oxygen atoms in total. The SMILES string of the molecule is CNC(c1ccn(Cc2c(C)cc(C)cc2C)c1)C(C)C. The van der Waals surface area contributed by atoms with Crippen molar-refractivity contribution in [2.75, 3.05) is 7.05 Å². The number of nitrogens with zero attached hydrogens (tertiary/aromatic N) is 1. The van der Waals surface area contributed by atoms with Crippen LogP contribution >= 0.6 is 0 Å². The van der Waals surface area contributed by atoms with E-state index >= 15 is 0 Å². The molecule has 0 aliphatic heterocycles. The summed E-state index contributed by atoms with van der Waals surface area (Å²) in [6.45, 7) is 12.1. The molecule has 1 unspecified atom stereocenters. The van der Waals surface area contributed by atoms with Crippen LogP contribution in [0.4, 0.5) is 0 Å². The summed E-state index contributed by atoms with van der Waals surface area (Å²) in [5.41, 5.74) is 6.92. The third-order valence-corrected chi connectivity index (χ3v) is 4.29. The Morgan fingerprint density at radius 2 is 1.71 bits per heavy atom. The van der Waals surface area contributed by atoms with E-state index in [1.165, 1.54) is 27.8 Å². The van der Waals surface area contributed by atoms with E-state index in [2.05, 4.69) is 75.1 Å². The molecule has 1 heterocycles. The standard InChI is InChI=1S/C19H28N2/c1-13(2)19(20-6)17-7-8-21(11-17)12-18-15(4)9-14(3)10-16(18)5/h7-11,13,19-20H,12H2,1-6H3. The Balaban J connectivity index is 2.24. The predicted octanol–water partition coefficient (Wildman–Crippen LogP) is 4.38. The van der Waals surface area contributed by atoms with Crippen LogP contribution in [0.15, 0.2) is 30.6 Å². The van der Waals surface area contributed by atoms with Crippen LogP contribution in [0.2, 0.25) is 0 Å². The zero-order chi connectivity index (χ0) is 15.6. The molecule has 114 valence electrons. The molecular formula is C19H28N2.